The number of amidine groups is 1. The number of hydrogen-bond acceptors (Lipinski definition) is 8. The summed E-state index contributed by atoms with van der Waals surface area (Å²) >= 11 is 0. The molecular weight excluding hydrogens is 463 g/mol. The van der Waals surface area contributed by atoms with Crippen LogP contribution < -0.4 is 15.8 Å². The fourth-order valence-corrected chi connectivity index (χ4v) is 7.10. The zero-order valence-corrected chi connectivity index (χ0v) is 20.2. The minimum absolute atomic E-state index is 0.0219. The van der Waals surface area contributed by atoms with Crippen molar-refractivity contribution in [2.24, 2.45) is 10.7 Å². The number of aliphatic imine (C=N–C) groups is 1. The predicted molar refractivity (Wildman–Crippen MR) is 125 cm³/mol. The number of rotatable bonds is 5. The van der Waals surface area contributed by atoms with Crippen LogP contribution in [0, 0.1) is 12.7 Å². The number of nitrogens with two attached hydrogens (primary N) is 1. The molecule has 9 nitrogen and oxygen atoms in total. The molecule has 1 aliphatic heterocycles. The molecule has 2 heterocycles. The molecule has 0 bridgehead atoms. The van der Waals surface area contributed by atoms with Crippen LogP contribution >= 0.6 is 0 Å². The molecule has 4 rings (SSSR count). The summed E-state index contributed by atoms with van der Waals surface area (Å²) in [6.07, 6.45) is 1.67. The Kier molecular flexibility index (Phi) is 5.89. The molecule has 0 saturated heterocycles. The number of carbonyl (C=O) groups excluding carboxylic acids is 1. The van der Waals surface area contributed by atoms with E-state index < -0.39 is 37.6 Å². The number of aryl methyl sites for hydroxylation is 1. The van der Waals surface area contributed by atoms with Gasteiger partial charge in [-0.2, -0.15) is 0 Å². The van der Waals surface area contributed by atoms with E-state index >= 15 is 0 Å². The van der Waals surface area contributed by atoms with Crippen molar-refractivity contribution in [3.05, 3.63) is 53.1 Å². The maximum atomic E-state index is 14.9. The Hall–Kier alpha value is -3.05. The molecule has 2 aliphatic rings. The van der Waals surface area contributed by atoms with E-state index in [0.717, 1.165) is 6.07 Å². The molecule has 34 heavy (non-hydrogen) atoms. The number of ether oxygens (including phenoxy) is 2. The largest absolute Gasteiger partial charge is 0.495 e. The van der Waals surface area contributed by atoms with E-state index in [9.17, 15) is 17.6 Å². The van der Waals surface area contributed by atoms with Crippen molar-refractivity contribution in [3.8, 4) is 5.75 Å². The van der Waals surface area contributed by atoms with Crippen LogP contribution in [0.15, 0.2) is 35.5 Å². The van der Waals surface area contributed by atoms with Gasteiger partial charge in [-0.05, 0) is 43.7 Å². The number of nitrogens with one attached hydrogen (secondary N) is 1. The first-order valence-electron chi connectivity index (χ1n) is 10.7. The van der Waals surface area contributed by atoms with Crippen LogP contribution in [0.5, 0.6) is 5.75 Å². The number of carbonyl (C=O) groups is 1. The second-order valence-corrected chi connectivity index (χ2v) is 11.3. The number of halogens is 1. The van der Waals surface area contributed by atoms with Crippen LogP contribution in [-0.4, -0.2) is 56.0 Å². The van der Waals surface area contributed by atoms with Gasteiger partial charge in [0.25, 0.3) is 5.91 Å². The highest BCUT2D eigenvalue weighted by molar-refractivity contribution is 7.93. The molecule has 3 N–H and O–H groups in total. The second kappa shape index (κ2) is 8.31. The minimum atomic E-state index is -3.75. The molecule has 1 atom stereocenters. The third-order valence-corrected chi connectivity index (χ3v) is 9.33. The number of methoxy groups -OCH3 is 2. The van der Waals surface area contributed by atoms with Gasteiger partial charge in [-0.1, -0.05) is 0 Å². The summed E-state index contributed by atoms with van der Waals surface area (Å²) in [5.41, 5.74) is 5.79. The van der Waals surface area contributed by atoms with E-state index in [-0.39, 0.29) is 41.7 Å². The molecule has 0 radical (unpaired) electrons. The highest BCUT2D eigenvalue weighted by atomic mass is 32.2. The Bertz CT molecular complexity index is 1290. The van der Waals surface area contributed by atoms with Gasteiger partial charge in [0.15, 0.2) is 9.84 Å². The van der Waals surface area contributed by atoms with Gasteiger partial charge in [0, 0.05) is 31.2 Å². The van der Waals surface area contributed by atoms with Gasteiger partial charge in [0.2, 0.25) is 0 Å². The molecule has 1 fully saturated rings. The first kappa shape index (κ1) is 24.1. The number of anilines is 1. The lowest BCUT2D eigenvalue weighted by molar-refractivity contribution is 0.0292. The maximum Gasteiger partial charge on any atom is 0.274 e. The Balaban J connectivity index is 1.66. The van der Waals surface area contributed by atoms with Crippen LogP contribution in [0.25, 0.3) is 0 Å². The Morgan fingerprint density at radius 3 is 2.56 bits per heavy atom. The molecule has 0 unspecified atom stereocenters. The molecule has 1 saturated carbocycles. The van der Waals surface area contributed by atoms with Crippen LogP contribution in [-0.2, 0) is 20.1 Å². The summed E-state index contributed by atoms with van der Waals surface area (Å²) in [6, 6.07) is 5.61. The van der Waals surface area contributed by atoms with Crippen molar-refractivity contribution in [2.75, 3.05) is 25.3 Å². The molecular formula is C23H27FN4O5S. The first-order chi connectivity index (χ1) is 15.9. The smallest absolute Gasteiger partial charge is 0.274 e. The van der Waals surface area contributed by atoms with Crippen LogP contribution in [0.3, 0.4) is 0 Å². The molecule has 1 spiro atoms. The lowest BCUT2D eigenvalue weighted by Gasteiger charge is -2.49. The Morgan fingerprint density at radius 2 is 1.97 bits per heavy atom. The van der Waals surface area contributed by atoms with Gasteiger partial charge in [0.05, 0.1) is 25.2 Å². The summed E-state index contributed by atoms with van der Waals surface area (Å²) in [5, 5.41) is 2.69. The average molecular weight is 491 g/mol. The molecule has 1 aromatic carbocycles. The van der Waals surface area contributed by atoms with E-state index in [4.69, 9.17) is 15.2 Å². The van der Waals surface area contributed by atoms with Gasteiger partial charge in [-0.25, -0.2) is 17.8 Å². The van der Waals surface area contributed by atoms with E-state index in [1.807, 2.05) is 0 Å². The lowest BCUT2D eigenvalue weighted by Crippen LogP contribution is -2.66. The molecule has 1 aromatic heterocycles. The van der Waals surface area contributed by atoms with Gasteiger partial charge < -0.3 is 20.5 Å². The summed E-state index contributed by atoms with van der Waals surface area (Å²) in [7, 11) is -0.737. The van der Waals surface area contributed by atoms with E-state index in [0.29, 0.717) is 11.3 Å². The van der Waals surface area contributed by atoms with Gasteiger partial charge in [-0.3, -0.25) is 9.79 Å². The summed E-state index contributed by atoms with van der Waals surface area (Å²) in [4.78, 5) is 21.4. The quantitative estimate of drug-likeness (QED) is 0.657. The van der Waals surface area contributed by atoms with Gasteiger partial charge in [0.1, 0.15) is 33.4 Å². The number of benzene rings is 1. The number of pyridine rings is 1. The van der Waals surface area contributed by atoms with Crippen molar-refractivity contribution >= 4 is 27.3 Å². The van der Waals surface area contributed by atoms with Gasteiger partial charge in [-0.15, -0.1) is 0 Å². The van der Waals surface area contributed by atoms with Gasteiger partial charge >= 0.3 is 0 Å². The molecule has 11 heteroatoms. The van der Waals surface area contributed by atoms with Crippen molar-refractivity contribution in [1.82, 2.24) is 4.98 Å². The van der Waals surface area contributed by atoms with Crippen molar-refractivity contribution < 1.29 is 27.1 Å². The Morgan fingerprint density at radius 1 is 1.26 bits per heavy atom. The van der Waals surface area contributed by atoms with E-state index in [1.54, 1.807) is 13.0 Å². The Labute approximate surface area is 197 Å². The first-order valence-corrected chi connectivity index (χ1v) is 12.3. The zero-order valence-electron chi connectivity index (χ0n) is 19.4. The number of hydrogen-bond donors (Lipinski definition) is 2. The third kappa shape index (κ3) is 3.82. The molecule has 1 aliphatic carbocycles. The molecule has 2 aromatic rings. The van der Waals surface area contributed by atoms with Crippen LogP contribution in [0.2, 0.25) is 0 Å². The van der Waals surface area contributed by atoms with E-state index in [2.05, 4.69) is 15.3 Å². The summed E-state index contributed by atoms with van der Waals surface area (Å²) < 4.78 is 50.5. The van der Waals surface area contributed by atoms with Crippen LogP contribution in [0.1, 0.15) is 41.4 Å². The monoisotopic (exact) mass is 490 g/mol. The van der Waals surface area contributed by atoms with E-state index in [1.165, 1.54) is 39.5 Å². The van der Waals surface area contributed by atoms with Crippen molar-refractivity contribution in [3.63, 3.8) is 0 Å². The predicted octanol–water partition coefficient (Wildman–Crippen LogP) is 2.34. The maximum absolute atomic E-state index is 14.9. The molecule has 182 valence electrons. The lowest BCUT2D eigenvalue weighted by atomic mass is 9.79. The topological polar surface area (TPSA) is 133 Å². The second-order valence-electron chi connectivity index (χ2n) is 8.98. The van der Waals surface area contributed by atoms with Crippen LogP contribution in [0.4, 0.5) is 10.1 Å². The number of nitrogens with zero attached hydrogens (tertiary/aromatic N) is 2. The average Bonchev–Trinajstić information content (AvgIpc) is 2.72. The number of amides is 1. The van der Waals surface area contributed by atoms with Crippen molar-refractivity contribution in [2.45, 2.75) is 43.1 Å². The zero-order chi connectivity index (χ0) is 24.9. The normalized spacial score (nSPS) is 27.6. The summed E-state index contributed by atoms with van der Waals surface area (Å²) in [5.74, 6) is -1.08. The highest BCUT2D eigenvalue weighted by Gasteiger charge is 2.61. The number of aromatic nitrogens is 1. The van der Waals surface area contributed by atoms with Crippen molar-refractivity contribution in [1.29, 1.82) is 0 Å². The third-order valence-electron chi connectivity index (χ3n) is 6.66. The fraction of sp³-hybridized carbons (Fsp3) is 0.435. The fourth-order valence-electron chi connectivity index (χ4n) is 4.62. The number of sulfone groups is 1. The summed E-state index contributed by atoms with van der Waals surface area (Å²) in [6.45, 7) is 3.24. The standard InChI is InChI=1S/C23H27FN4O5S/c1-13-7-15(32-3)11-26-19(13)20(29)27-14-5-6-18(24)17(8-14)22(2)12-34(30,31)23(21(25)28-22)9-16(10-23)33-4/h5-8,11,16H,9-10,12H2,1-4H3,(H2,25,28)(H,27,29)/t16-,22-,23-/m0/s1. The molecule has 1 amide bonds. The minimum Gasteiger partial charge on any atom is -0.495 e. The highest BCUT2D eigenvalue weighted by Crippen LogP contribution is 2.48. The SMILES string of the molecule is COc1cnc(C(=O)Nc2ccc(F)c([C@]3(C)CS(=O)(=O)[C@]4(C[C@H](OC)C4)C(N)=N3)c2)c(C)c1.